The van der Waals surface area contributed by atoms with Crippen LogP contribution >= 0.6 is 11.3 Å². The van der Waals surface area contributed by atoms with Crippen LogP contribution in [0.1, 0.15) is 38.6 Å². The van der Waals surface area contributed by atoms with Gasteiger partial charge in [0, 0.05) is 18.5 Å². The predicted molar refractivity (Wildman–Crippen MR) is 174 cm³/mol. The molecule has 1 saturated carbocycles. The lowest BCUT2D eigenvalue weighted by molar-refractivity contribution is -0.117. The Balaban J connectivity index is 1.41. The number of ether oxygens (including phenoxy) is 1. The fourth-order valence-corrected chi connectivity index (χ4v) is 5.08. The van der Waals surface area contributed by atoms with Gasteiger partial charge >= 0.3 is 0 Å². The van der Waals surface area contributed by atoms with E-state index in [-0.39, 0.29) is 29.2 Å². The Morgan fingerprint density at radius 1 is 1.00 bits per heavy atom. The zero-order chi connectivity index (χ0) is 30.6. The van der Waals surface area contributed by atoms with Crippen LogP contribution in [0.2, 0.25) is 0 Å². The number of para-hydroxylation sites is 1. The lowest BCUT2D eigenvalue weighted by Crippen LogP contribution is -2.50. The third-order valence-electron chi connectivity index (χ3n) is 6.44. The van der Waals surface area contributed by atoms with Crippen molar-refractivity contribution in [1.29, 1.82) is 0 Å². The largest absolute Gasteiger partial charge is 0.494 e. The average Bonchev–Trinajstić information content (AvgIpc) is 3.72. The predicted octanol–water partition coefficient (Wildman–Crippen LogP) is 0.871. The molecule has 4 aromatic rings. The van der Waals surface area contributed by atoms with Crippen molar-refractivity contribution in [1.82, 2.24) is 25.8 Å². The van der Waals surface area contributed by atoms with Gasteiger partial charge in [-0.3, -0.25) is 14.4 Å². The van der Waals surface area contributed by atoms with E-state index in [1.54, 1.807) is 12.1 Å². The molecule has 0 unspecified atom stereocenters. The number of nitrogens with zero attached hydrogens (tertiary/aromatic N) is 3. The van der Waals surface area contributed by atoms with Crippen LogP contribution in [0.5, 0.6) is 5.75 Å². The molecule has 43 heavy (non-hydrogen) atoms. The van der Waals surface area contributed by atoms with Crippen LogP contribution in [0.15, 0.2) is 60.8 Å². The van der Waals surface area contributed by atoms with E-state index in [1.165, 1.54) is 24.6 Å². The number of carbonyl (C=O) groups is 3. The van der Waals surface area contributed by atoms with Gasteiger partial charge in [-0.15, -0.1) is 21.5 Å². The molecular weight excluding hydrogens is 563 g/mol. The van der Waals surface area contributed by atoms with Crippen LogP contribution in [0.4, 0.5) is 17.2 Å². The zero-order valence-corrected chi connectivity index (χ0v) is 25.2. The number of benzene rings is 2. The van der Waals surface area contributed by atoms with Crippen LogP contribution < -0.4 is 26.0 Å². The highest BCUT2D eigenvalue weighted by atomic mass is 32.1. The first-order chi connectivity index (χ1) is 20.6. The molecule has 4 N–H and O–H groups in total. The Hall–Kier alpha value is -4.65. The minimum atomic E-state index is -0.511. The van der Waals surface area contributed by atoms with Crippen molar-refractivity contribution in [2.24, 2.45) is 5.92 Å². The average molecular weight is 593 g/mol. The smallest absolute Gasteiger partial charge is 0.272 e. The Labute approximate surface area is 255 Å². The first-order valence-corrected chi connectivity index (χ1v) is 14.7. The van der Waals surface area contributed by atoms with E-state index in [4.69, 9.17) is 4.74 Å². The number of hydrogen-bond donors (Lipinski definition) is 4. The van der Waals surface area contributed by atoms with Crippen molar-refractivity contribution < 1.29 is 19.1 Å². The molecule has 2 aromatic carbocycles. The molecule has 1 aliphatic rings. The van der Waals surface area contributed by atoms with Gasteiger partial charge in [-0.05, 0) is 35.8 Å². The summed E-state index contributed by atoms with van der Waals surface area (Å²) < 4.78 is 5.79. The Morgan fingerprint density at radius 3 is 2.47 bits per heavy atom. The van der Waals surface area contributed by atoms with Crippen molar-refractivity contribution in [3.63, 3.8) is 0 Å². The van der Waals surface area contributed by atoms with E-state index in [1.807, 2.05) is 66.0 Å². The Kier molecular flexibility index (Phi) is 8.81. The molecule has 11 nitrogen and oxygen atoms in total. The summed E-state index contributed by atoms with van der Waals surface area (Å²) in [7, 11) is 7.13. The number of carbonyl (C=O) groups excluding carboxylic acids is 3. The molecule has 0 bridgehead atoms. The molecular formula is C28H30B3N7O4S. The number of hydrogen-bond acceptors (Lipinski definition) is 9. The van der Waals surface area contributed by atoms with E-state index < -0.39 is 11.1 Å². The number of anilines is 3. The quantitative estimate of drug-likeness (QED) is 0.188. The molecule has 1 aliphatic carbocycles. The van der Waals surface area contributed by atoms with Crippen LogP contribution in [0, 0.1) is 5.92 Å². The van der Waals surface area contributed by atoms with Gasteiger partial charge in [-0.25, -0.2) is 4.98 Å². The van der Waals surface area contributed by atoms with Gasteiger partial charge in [0.2, 0.25) is 5.91 Å². The molecule has 2 heterocycles. The molecule has 5 rings (SSSR count). The Morgan fingerprint density at radius 2 is 1.77 bits per heavy atom. The topological polar surface area (TPSA) is 147 Å². The van der Waals surface area contributed by atoms with Gasteiger partial charge in [0.1, 0.15) is 33.4 Å². The second-order valence-electron chi connectivity index (χ2n) is 11.2. The molecule has 0 saturated heterocycles. The molecule has 216 valence electrons. The molecule has 3 amide bonds. The number of aromatic nitrogens is 3. The van der Waals surface area contributed by atoms with E-state index in [0.29, 0.717) is 39.1 Å². The normalized spacial score (nSPS) is 12.7. The fraction of sp³-hybridized carbons (Fsp3) is 0.214. The fourth-order valence-electron chi connectivity index (χ4n) is 4.23. The number of thiazole rings is 1. The maximum absolute atomic E-state index is 13.2. The zero-order valence-electron chi connectivity index (χ0n) is 24.4. The molecule has 0 aliphatic heterocycles. The summed E-state index contributed by atoms with van der Waals surface area (Å²) in [6.45, 7) is 0.407. The summed E-state index contributed by atoms with van der Waals surface area (Å²) in [5.41, 5.74) is 2.57. The first-order valence-electron chi connectivity index (χ1n) is 13.8. The number of amides is 3. The lowest BCUT2D eigenvalue weighted by atomic mass is 9.49. The molecule has 0 spiro atoms. The van der Waals surface area contributed by atoms with Crippen molar-refractivity contribution >= 4 is 69.8 Å². The standard InChI is InChI=1S/C28H30B3N7O4S/c1-42-23-17(27-33-14-20(43-27)25(40)32-13-15-6-3-2-4-7-15)8-5-9-18(23)34-19-12-21(35-24(39)16-10-11-16)37-38-22(19)26(41)36-28(29,30)31/h2-9,12,14,16H,10-11,13,29-31H2,1H3,(H,32,40)(H,36,41)(H2,34,35,37,39). The highest BCUT2D eigenvalue weighted by molar-refractivity contribution is 7.17. The second-order valence-corrected chi connectivity index (χ2v) is 12.2. The molecule has 1 fully saturated rings. The SMILES string of the molecule is BC(B)(B)NC(=O)c1nnc(NC(=O)C2CC2)cc1Nc1cccc(-c2ncc(C(=O)NCc3ccccc3)s2)c1OC. The lowest BCUT2D eigenvalue weighted by Gasteiger charge is -2.22. The third kappa shape index (κ3) is 7.61. The maximum atomic E-state index is 13.2. The van der Waals surface area contributed by atoms with Crippen LogP contribution in [-0.2, 0) is 11.3 Å². The summed E-state index contributed by atoms with van der Waals surface area (Å²) in [4.78, 5) is 43.3. The van der Waals surface area contributed by atoms with Crippen LogP contribution in [-0.4, -0.2) is 68.8 Å². The summed E-state index contributed by atoms with van der Waals surface area (Å²) in [5, 5.41) is 20.2. The number of rotatable bonds is 11. The molecule has 2 aromatic heterocycles. The summed E-state index contributed by atoms with van der Waals surface area (Å²) in [6.07, 6.45) is 3.22. The Bertz CT molecular complexity index is 1660. The molecule has 0 atom stereocenters. The van der Waals surface area contributed by atoms with E-state index in [0.717, 1.165) is 18.4 Å². The van der Waals surface area contributed by atoms with Crippen LogP contribution in [0.3, 0.4) is 0 Å². The highest BCUT2D eigenvalue weighted by Crippen LogP contribution is 2.40. The second kappa shape index (κ2) is 12.7. The van der Waals surface area contributed by atoms with Crippen molar-refractivity contribution in [3.05, 3.63) is 76.9 Å². The van der Waals surface area contributed by atoms with E-state index in [2.05, 4.69) is 36.4 Å². The summed E-state index contributed by atoms with van der Waals surface area (Å²) in [5.74, 6) is -0.118. The van der Waals surface area contributed by atoms with Gasteiger partial charge in [-0.2, -0.15) is 0 Å². The number of nitrogens with one attached hydrogen (secondary N) is 4. The number of methoxy groups -OCH3 is 1. The van der Waals surface area contributed by atoms with Gasteiger partial charge < -0.3 is 26.0 Å². The molecule has 15 heteroatoms. The minimum absolute atomic E-state index is 0.0255. The first kappa shape index (κ1) is 29.8. The van der Waals surface area contributed by atoms with Gasteiger partial charge in [0.15, 0.2) is 17.3 Å². The summed E-state index contributed by atoms with van der Waals surface area (Å²) >= 11 is 1.24. The van der Waals surface area contributed by atoms with Crippen LogP contribution in [0.25, 0.3) is 10.6 Å². The van der Waals surface area contributed by atoms with Crippen molar-refractivity contribution in [2.45, 2.75) is 24.6 Å². The minimum Gasteiger partial charge on any atom is -0.494 e. The van der Waals surface area contributed by atoms with E-state index >= 15 is 0 Å². The van der Waals surface area contributed by atoms with E-state index in [9.17, 15) is 14.4 Å². The van der Waals surface area contributed by atoms with Crippen molar-refractivity contribution in [3.8, 4) is 16.3 Å². The highest BCUT2D eigenvalue weighted by Gasteiger charge is 2.30. The molecule has 0 radical (unpaired) electrons. The van der Waals surface area contributed by atoms with Gasteiger partial charge in [-0.1, -0.05) is 36.4 Å². The van der Waals surface area contributed by atoms with Gasteiger partial charge in [0.05, 0.1) is 30.2 Å². The van der Waals surface area contributed by atoms with Gasteiger partial charge in [0.25, 0.3) is 11.8 Å². The third-order valence-corrected chi connectivity index (χ3v) is 7.47. The maximum Gasteiger partial charge on any atom is 0.272 e. The van der Waals surface area contributed by atoms with Crippen molar-refractivity contribution in [2.75, 3.05) is 17.7 Å². The summed E-state index contributed by atoms with van der Waals surface area (Å²) in [6, 6.07) is 16.7. The monoisotopic (exact) mass is 593 g/mol.